The summed E-state index contributed by atoms with van der Waals surface area (Å²) in [5, 5.41) is 13.0. The van der Waals surface area contributed by atoms with E-state index in [9.17, 15) is 5.11 Å². The fourth-order valence-electron chi connectivity index (χ4n) is 2.36. The minimum absolute atomic E-state index is 0.637. The molecule has 2 rings (SSSR count). The lowest BCUT2D eigenvalue weighted by Crippen LogP contribution is -2.21. The van der Waals surface area contributed by atoms with E-state index >= 15 is 0 Å². The number of hydrogen-bond donors (Lipinski definition) is 1. The average Bonchev–Trinajstić information content (AvgIpc) is 2.65. The number of hydrogen-bond acceptors (Lipinski definition) is 3. The molecule has 1 fully saturated rings. The van der Waals surface area contributed by atoms with Crippen molar-refractivity contribution in [3.05, 3.63) is 16.1 Å². The van der Waals surface area contributed by atoms with E-state index in [-0.39, 0.29) is 0 Å². The third-order valence-corrected chi connectivity index (χ3v) is 4.04. The number of rotatable bonds is 3. The van der Waals surface area contributed by atoms with Crippen LogP contribution in [0.2, 0.25) is 0 Å². The molecule has 0 unspecified atom stereocenters. The van der Waals surface area contributed by atoms with Gasteiger partial charge in [0.05, 0.1) is 16.3 Å². The van der Waals surface area contributed by atoms with Gasteiger partial charge in [-0.2, -0.15) is 0 Å². The van der Waals surface area contributed by atoms with Gasteiger partial charge in [0.25, 0.3) is 0 Å². The molecule has 0 spiro atoms. The van der Waals surface area contributed by atoms with Crippen LogP contribution in [0.3, 0.4) is 0 Å². The van der Waals surface area contributed by atoms with Gasteiger partial charge in [-0.05, 0) is 26.7 Å². The third kappa shape index (κ3) is 3.29. The highest BCUT2D eigenvalue weighted by Gasteiger charge is 2.20. The van der Waals surface area contributed by atoms with Crippen LogP contribution in [0.15, 0.2) is 5.38 Å². The molecule has 1 aromatic heterocycles. The molecule has 1 aliphatic carbocycles. The summed E-state index contributed by atoms with van der Waals surface area (Å²) in [6.45, 7) is 3.68. The third-order valence-electron chi connectivity index (χ3n) is 3.18. The second kappa shape index (κ2) is 4.84. The van der Waals surface area contributed by atoms with E-state index in [0.717, 1.165) is 5.01 Å². The first kappa shape index (κ1) is 12.1. The van der Waals surface area contributed by atoms with Gasteiger partial charge in [-0.3, -0.25) is 0 Å². The smallest absolute Gasteiger partial charge is 0.0956 e. The summed E-state index contributed by atoms with van der Waals surface area (Å²) in [6, 6.07) is 0. The van der Waals surface area contributed by atoms with Gasteiger partial charge in [0.2, 0.25) is 0 Å². The molecule has 0 amide bonds. The van der Waals surface area contributed by atoms with Crippen LogP contribution in [-0.2, 0) is 6.42 Å². The van der Waals surface area contributed by atoms with E-state index in [1.165, 1.54) is 37.8 Å². The Hall–Kier alpha value is -0.410. The molecule has 0 aliphatic heterocycles. The second-order valence-electron chi connectivity index (χ2n) is 5.49. The summed E-state index contributed by atoms with van der Waals surface area (Å²) in [7, 11) is 0. The van der Waals surface area contributed by atoms with Crippen LogP contribution in [0.25, 0.3) is 0 Å². The maximum atomic E-state index is 9.76. The summed E-state index contributed by atoms with van der Waals surface area (Å²) < 4.78 is 0. The van der Waals surface area contributed by atoms with Crippen LogP contribution in [0, 0.1) is 0 Å². The predicted molar refractivity (Wildman–Crippen MR) is 67.9 cm³/mol. The molecule has 0 atom stereocenters. The SMILES string of the molecule is CC(C)(O)Cc1nc(C2CCCCC2)cs1. The average molecular weight is 239 g/mol. The van der Waals surface area contributed by atoms with E-state index in [4.69, 9.17) is 0 Å². The minimum Gasteiger partial charge on any atom is -0.390 e. The van der Waals surface area contributed by atoms with Crippen molar-refractivity contribution in [3.63, 3.8) is 0 Å². The van der Waals surface area contributed by atoms with Gasteiger partial charge in [0, 0.05) is 17.7 Å². The van der Waals surface area contributed by atoms with Gasteiger partial charge in [0.1, 0.15) is 0 Å². The van der Waals surface area contributed by atoms with Crippen LogP contribution in [0.1, 0.15) is 62.6 Å². The lowest BCUT2D eigenvalue weighted by atomic mass is 9.87. The Morgan fingerprint density at radius 1 is 1.38 bits per heavy atom. The highest BCUT2D eigenvalue weighted by atomic mass is 32.1. The predicted octanol–water partition coefficient (Wildman–Crippen LogP) is 3.50. The molecule has 1 heterocycles. The minimum atomic E-state index is -0.637. The normalized spacial score (nSPS) is 18.9. The van der Waals surface area contributed by atoms with E-state index in [1.807, 2.05) is 13.8 Å². The van der Waals surface area contributed by atoms with Gasteiger partial charge in [-0.1, -0.05) is 19.3 Å². The molecule has 2 nitrogen and oxygen atoms in total. The van der Waals surface area contributed by atoms with Crippen LogP contribution in [0.5, 0.6) is 0 Å². The molecular formula is C13H21NOS. The van der Waals surface area contributed by atoms with Gasteiger partial charge >= 0.3 is 0 Å². The Kier molecular flexibility index (Phi) is 3.65. The zero-order valence-corrected chi connectivity index (χ0v) is 11.0. The molecule has 3 heteroatoms. The van der Waals surface area contributed by atoms with Gasteiger partial charge in [-0.15, -0.1) is 11.3 Å². The van der Waals surface area contributed by atoms with E-state index < -0.39 is 5.60 Å². The first-order chi connectivity index (χ1) is 7.54. The molecule has 0 aromatic carbocycles. The second-order valence-corrected chi connectivity index (χ2v) is 6.43. The summed E-state index contributed by atoms with van der Waals surface area (Å²) in [5.74, 6) is 0.681. The molecule has 0 bridgehead atoms. The first-order valence-electron chi connectivity index (χ1n) is 6.21. The van der Waals surface area contributed by atoms with Crippen LogP contribution in [-0.4, -0.2) is 15.7 Å². The fraction of sp³-hybridized carbons (Fsp3) is 0.769. The molecule has 1 saturated carbocycles. The molecule has 1 aromatic rings. The Labute approximate surface area is 102 Å². The largest absolute Gasteiger partial charge is 0.390 e. The van der Waals surface area contributed by atoms with E-state index in [0.29, 0.717) is 12.3 Å². The summed E-state index contributed by atoms with van der Waals surface area (Å²) in [4.78, 5) is 4.68. The van der Waals surface area contributed by atoms with E-state index in [1.54, 1.807) is 11.3 Å². The monoisotopic (exact) mass is 239 g/mol. The Morgan fingerprint density at radius 3 is 2.69 bits per heavy atom. The van der Waals surface area contributed by atoms with Gasteiger partial charge in [-0.25, -0.2) is 4.98 Å². The van der Waals surface area contributed by atoms with E-state index in [2.05, 4.69) is 10.4 Å². The van der Waals surface area contributed by atoms with Crippen molar-refractivity contribution < 1.29 is 5.11 Å². The summed E-state index contributed by atoms with van der Waals surface area (Å²) in [6.07, 6.45) is 7.35. The summed E-state index contributed by atoms with van der Waals surface area (Å²) in [5.41, 5.74) is 0.630. The number of nitrogens with zero attached hydrogens (tertiary/aromatic N) is 1. The van der Waals surface area contributed by atoms with Crippen molar-refractivity contribution in [2.75, 3.05) is 0 Å². The van der Waals surface area contributed by atoms with Crippen molar-refractivity contribution in [1.29, 1.82) is 0 Å². The highest BCUT2D eigenvalue weighted by Crippen LogP contribution is 2.33. The quantitative estimate of drug-likeness (QED) is 0.875. The van der Waals surface area contributed by atoms with Gasteiger partial charge in [0.15, 0.2) is 0 Å². The Bertz CT molecular complexity index is 334. The molecule has 0 radical (unpaired) electrons. The summed E-state index contributed by atoms with van der Waals surface area (Å²) >= 11 is 1.70. The lowest BCUT2D eigenvalue weighted by molar-refractivity contribution is 0.0809. The highest BCUT2D eigenvalue weighted by molar-refractivity contribution is 7.09. The molecule has 90 valence electrons. The lowest BCUT2D eigenvalue weighted by Gasteiger charge is -2.19. The number of aromatic nitrogens is 1. The van der Waals surface area contributed by atoms with Crippen molar-refractivity contribution in [2.45, 2.75) is 63.9 Å². The van der Waals surface area contributed by atoms with Crippen LogP contribution >= 0.6 is 11.3 Å². The number of aliphatic hydroxyl groups is 1. The van der Waals surface area contributed by atoms with Crippen LogP contribution < -0.4 is 0 Å². The molecule has 1 N–H and O–H groups in total. The van der Waals surface area contributed by atoms with Crippen molar-refractivity contribution in [3.8, 4) is 0 Å². The molecule has 1 aliphatic rings. The topological polar surface area (TPSA) is 33.1 Å². The first-order valence-corrected chi connectivity index (χ1v) is 7.09. The van der Waals surface area contributed by atoms with Crippen molar-refractivity contribution in [1.82, 2.24) is 4.98 Å². The van der Waals surface area contributed by atoms with Crippen molar-refractivity contribution >= 4 is 11.3 Å². The fourth-order valence-corrected chi connectivity index (χ4v) is 3.46. The Morgan fingerprint density at radius 2 is 2.06 bits per heavy atom. The van der Waals surface area contributed by atoms with Gasteiger partial charge < -0.3 is 5.11 Å². The number of thiazole rings is 1. The van der Waals surface area contributed by atoms with Crippen molar-refractivity contribution in [2.24, 2.45) is 0 Å². The zero-order chi connectivity index (χ0) is 11.6. The molecule has 16 heavy (non-hydrogen) atoms. The maximum absolute atomic E-state index is 9.76. The van der Waals surface area contributed by atoms with Crippen LogP contribution in [0.4, 0.5) is 0 Å². The standard InChI is InChI=1S/C13H21NOS/c1-13(2,15)8-12-14-11(9-16-12)10-6-4-3-5-7-10/h9-10,15H,3-8H2,1-2H3. The Balaban J connectivity index is 2.01. The molecule has 0 saturated heterocycles. The maximum Gasteiger partial charge on any atom is 0.0956 e. The molecular weight excluding hydrogens is 218 g/mol. The zero-order valence-electron chi connectivity index (χ0n) is 10.2.